The summed E-state index contributed by atoms with van der Waals surface area (Å²) in [6, 6.07) is 4.53. The normalized spacial score (nSPS) is 18.6. The third-order valence-corrected chi connectivity index (χ3v) is 5.06. The average Bonchev–Trinajstić information content (AvgIpc) is 3.20. The standard InChI is InChI=1S/C20H26F2N2O5/c21-20(22)29-17-6-5-14(11-18(17)28-16-3-1-2-4-16)12-23-27-13-19(26)24-9-7-15(25)8-10-24/h5-6,11-12,15-16,20,25H,1-4,7-10,13H2/b23-12+. The molecule has 0 bridgehead atoms. The molecule has 1 heterocycles. The van der Waals surface area contributed by atoms with Crippen LogP contribution >= 0.6 is 0 Å². The molecule has 2 fully saturated rings. The van der Waals surface area contributed by atoms with Crippen molar-refractivity contribution in [1.82, 2.24) is 4.90 Å². The van der Waals surface area contributed by atoms with E-state index in [1.165, 1.54) is 12.3 Å². The number of oxime groups is 1. The summed E-state index contributed by atoms with van der Waals surface area (Å²) in [4.78, 5) is 18.8. The second-order valence-corrected chi connectivity index (χ2v) is 7.23. The number of likely N-dealkylation sites (tertiary alicyclic amines) is 1. The number of ether oxygens (including phenoxy) is 2. The van der Waals surface area contributed by atoms with Crippen LogP contribution in [-0.2, 0) is 9.63 Å². The van der Waals surface area contributed by atoms with Crippen LogP contribution in [-0.4, -0.2) is 60.6 Å². The summed E-state index contributed by atoms with van der Waals surface area (Å²) in [5, 5.41) is 13.3. The summed E-state index contributed by atoms with van der Waals surface area (Å²) in [7, 11) is 0. The van der Waals surface area contributed by atoms with Crippen molar-refractivity contribution < 1.29 is 33.0 Å². The first-order chi connectivity index (χ1) is 14.0. The summed E-state index contributed by atoms with van der Waals surface area (Å²) in [5.74, 6) is 0.0246. The average molecular weight is 412 g/mol. The fourth-order valence-corrected chi connectivity index (χ4v) is 3.47. The van der Waals surface area contributed by atoms with Crippen LogP contribution in [0.5, 0.6) is 11.5 Å². The minimum atomic E-state index is -2.94. The lowest BCUT2D eigenvalue weighted by Gasteiger charge is -2.29. The van der Waals surface area contributed by atoms with Gasteiger partial charge in [-0.25, -0.2) is 0 Å². The topological polar surface area (TPSA) is 80.6 Å². The maximum atomic E-state index is 12.6. The van der Waals surface area contributed by atoms with Gasteiger partial charge in [-0.1, -0.05) is 5.16 Å². The van der Waals surface area contributed by atoms with E-state index in [4.69, 9.17) is 9.57 Å². The number of aliphatic hydroxyl groups excluding tert-OH is 1. The van der Waals surface area contributed by atoms with Crippen molar-refractivity contribution in [2.75, 3.05) is 19.7 Å². The maximum Gasteiger partial charge on any atom is 0.387 e. The zero-order valence-electron chi connectivity index (χ0n) is 16.1. The summed E-state index contributed by atoms with van der Waals surface area (Å²) in [5.41, 5.74) is 0.577. The SMILES string of the molecule is O=C(CO/N=C/c1ccc(OC(F)F)c(OC2CCCC2)c1)N1CCC(O)CC1. The van der Waals surface area contributed by atoms with Gasteiger partial charge in [0.25, 0.3) is 5.91 Å². The zero-order valence-corrected chi connectivity index (χ0v) is 16.1. The Hall–Kier alpha value is -2.42. The van der Waals surface area contributed by atoms with Gasteiger partial charge in [-0.3, -0.25) is 4.79 Å². The van der Waals surface area contributed by atoms with Gasteiger partial charge in [-0.15, -0.1) is 0 Å². The number of hydrogen-bond donors (Lipinski definition) is 1. The smallest absolute Gasteiger partial charge is 0.387 e. The Kier molecular flexibility index (Phi) is 7.62. The highest BCUT2D eigenvalue weighted by Crippen LogP contribution is 2.33. The molecule has 1 aromatic rings. The fraction of sp³-hybridized carbons (Fsp3) is 0.600. The molecule has 160 valence electrons. The molecule has 3 rings (SSSR count). The van der Waals surface area contributed by atoms with Crippen LogP contribution in [0.2, 0.25) is 0 Å². The number of benzene rings is 1. The van der Waals surface area contributed by atoms with Crippen molar-refractivity contribution in [3.05, 3.63) is 23.8 Å². The summed E-state index contributed by atoms with van der Waals surface area (Å²) >= 11 is 0. The first-order valence-corrected chi connectivity index (χ1v) is 9.88. The van der Waals surface area contributed by atoms with Gasteiger partial charge < -0.3 is 24.3 Å². The van der Waals surface area contributed by atoms with Crippen molar-refractivity contribution >= 4 is 12.1 Å². The maximum absolute atomic E-state index is 12.6. The van der Waals surface area contributed by atoms with E-state index in [2.05, 4.69) is 9.89 Å². The number of carbonyl (C=O) groups is 1. The quantitative estimate of drug-likeness (QED) is 0.525. The lowest BCUT2D eigenvalue weighted by atomic mass is 10.1. The number of hydrogen-bond acceptors (Lipinski definition) is 6. The number of aliphatic hydroxyl groups is 1. The predicted octanol–water partition coefficient (Wildman–Crippen LogP) is 2.94. The van der Waals surface area contributed by atoms with Crippen LogP contribution in [0, 0.1) is 0 Å². The van der Waals surface area contributed by atoms with E-state index in [1.807, 2.05) is 0 Å². The molecule has 9 heteroatoms. The molecule has 1 saturated heterocycles. The number of piperidine rings is 1. The molecule has 2 aliphatic rings. The molecule has 0 spiro atoms. The summed E-state index contributed by atoms with van der Waals surface area (Å²) < 4.78 is 35.7. The number of halogens is 2. The van der Waals surface area contributed by atoms with E-state index in [9.17, 15) is 18.7 Å². The molecule has 29 heavy (non-hydrogen) atoms. The van der Waals surface area contributed by atoms with Crippen molar-refractivity contribution in [1.29, 1.82) is 0 Å². The van der Waals surface area contributed by atoms with E-state index in [0.717, 1.165) is 25.7 Å². The Morgan fingerprint density at radius 1 is 1.21 bits per heavy atom. The highest BCUT2D eigenvalue weighted by atomic mass is 19.3. The number of rotatable bonds is 8. The lowest BCUT2D eigenvalue weighted by molar-refractivity contribution is -0.138. The van der Waals surface area contributed by atoms with E-state index in [-0.39, 0.29) is 36.2 Å². The van der Waals surface area contributed by atoms with Gasteiger partial charge in [0.15, 0.2) is 18.1 Å². The second kappa shape index (κ2) is 10.4. The van der Waals surface area contributed by atoms with Crippen molar-refractivity contribution in [3.8, 4) is 11.5 Å². The first-order valence-electron chi connectivity index (χ1n) is 9.88. The highest BCUT2D eigenvalue weighted by Gasteiger charge is 2.22. The molecule has 0 atom stereocenters. The van der Waals surface area contributed by atoms with Gasteiger partial charge in [0.1, 0.15) is 0 Å². The number of carbonyl (C=O) groups excluding carboxylic acids is 1. The van der Waals surface area contributed by atoms with E-state index >= 15 is 0 Å². The Labute approximate surface area is 168 Å². The van der Waals surface area contributed by atoms with Crippen molar-refractivity contribution in [2.24, 2.45) is 5.16 Å². The molecule has 0 aromatic heterocycles. The largest absolute Gasteiger partial charge is 0.487 e. The van der Waals surface area contributed by atoms with Crippen molar-refractivity contribution in [2.45, 2.75) is 57.3 Å². The number of nitrogens with zero attached hydrogens (tertiary/aromatic N) is 2. The number of alkyl halides is 2. The molecule has 1 saturated carbocycles. The van der Waals surface area contributed by atoms with Crippen LogP contribution in [0.3, 0.4) is 0 Å². The third kappa shape index (κ3) is 6.56. The fourth-order valence-electron chi connectivity index (χ4n) is 3.47. The third-order valence-electron chi connectivity index (χ3n) is 5.06. The van der Waals surface area contributed by atoms with Gasteiger partial charge >= 0.3 is 6.61 Å². The molecule has 1 aromatic carbocycles. The van der Waals surface area contributed by atoms with Crippen LogP contribution in [0.4, 0.5) is 8.78 Å². The Bertz CT molecular complexity index is 702. The monoisotopic (exact) mass is 412 g/mol. The van der Waals surface area contributed by atoms with Gasteiger partial charge in [0.05, 0.1) is 18.4 Å². The van der Waals surface area contributed by atoms with E-state index < -0.39 is 6.61 Å². The molecule has 0 radical (unpaired) electrons. The molecule has 1 N–H and O–H groups in total. The first kappa shape index (κ1) is 21.3. The molecule has 7 nitrogen and oxygen atoms in total. The minimum absolute atomic E-state index is 0.0147. The predicted molar refractivity (Wildman–Crippen MR) is 101 cm³/mol. The number of amides is 1. The van der Waals surface area contributed by atoms with Crippen LogP contribution < -0.4 is 9.47 Å². The Morgan fingerprint density at radius 2 is 1.93 bits per heavy atom. The molecular weight excluding hydrogens is 386 g/mol. The molecule has 0 unspecified atom stereocenters. The van der Waals surface area contributed by atoms with Crippen molar-refractivity contribution in [3.63, 3.8) is 0 Å². The molecule has 1 aliphatic heterocycles. The van der Waals surface area contributed by atoms with Gasteiger partial charge in [0, 0.05) is 18.7 Å². The van der Waals surface area contributed by atoms with Crippen LogP contribution in [0.25, 0.3) is 0 Å². The molecule has 1 aliphatic carbocycles. The van der Waals surface area contributed by atoms with Gasteiger partial charge in [-0.05, 0) is 56.7 Å². The van der Waals surface area contributed by atoms with Crippen LogP contribution in [0.1, 0.15) is 44.1 Å². The highest BCUT2D eigenvalue weighted by molar-refractivity contribution is 5.81. The van der Waals surface area contributed by atoms with Gasteiger partial charge in [0.2, 0.25) is 0 Å². The van der Waals surface area contributed by atoms with E-state index in [0.29, 0.717) is 31.5 Å². The minimum Gasteiger partial charge on any atom is -0.487 e. The molecule has 1 amide bonds. The second-order valence-electron chi connectivity index (χ2n) is 7.23. The zero-order chi connectivity index (χ0) is 20.6. The van der Waals surface area contributed by atoms with Crippen LogP contribution in [0.15, 0.2) is 23.4 Å². The van der Waals surface area contributed by atoms with Gasteiger partial charge in [-0.2, -0.15) is 8.78 Å². The Balaban J connectivity index is 1.55. The van der Waals surface area contributed by atoms with E-state index in [1.54, 1.807) is 17.0 Å². The lowest BCUT2D eigenvalue weighted by Crippen LogP contribution is -2.41. The molecular formula is C20H26F2N2O5. The summed E-state index contributed by atoms with van der Waals surface area (Å²) in [6.45, 7) is -2.14. The Morgan fingerprint density at radius 3 is 2.62 bits per heavy atom. The summed E-state index contributed by atoms with van der Waals surface area (Å²) in [6.07, 6.45) is 6.01.